The van der Waals surface area contributed by atoms with E-state index >= 15 is 0 Å². The van der Waals surface area contributed by atoms with Gasteiger partial charge in [-0.25, -0.2) is 8.78 Å². The van der Waals surface area contributed by atoms with Gasteiger partial charge < -0.3 is 5.32 Å². The zero-order valence-corrected chi connectivity index (χ0v) is 11.5. The van der Waals surface area contributed by atoms with E-state index in [4.69, 9.17) is 11.6 Å². The average molecular weight is 288 g/mol. The van der Waals surface area contributed by atoms with Crippen LogP contribution in [0.2, 0.25) is 5.02 Å². The molecule has 0 aliphatic carbocycles. The van der Waals surface area contributed by atoms with Crippen molar-refractivity contribution >= 4 is 22.9 Å². The number of aryl methyl sites for hydroxylation is 1. The van der Waals surface area contributed by atoms with E-state index in [1.165, 1.54) is 17.4 Å². The van der Waals surface area contributed by atoms with E-state index in [0.29, 0.717) is 10.6 Å². The van der Waals surface area contributed by atoms with Crippen LogP contribution >= 0.6 is 22.9 Å². The first-order valence-electron chi connectivity index (χ1n) is 5.40. The van der Waals surface area contributed by atoms with Gasteiger partial charge in [0, 0.05) is 4.88 Å². The molecule has 0 aliphatic rings. The van der Waals surface area contributed by atoms with Crippen molar-refractivity contribution in [1.82, 2.24) is 5.32 Å². The predicted octanol–water partition coefficient (Wildman–Crippen LogP) is 4.30. The Morgan fingerprint density at radius 3 is 2.50 bits per heavy atom. The molecule has 1 atom stereocenters. The van der Waals surface area contributed by atoms with Crippen molar-refractivity contribution < 1.29 is 8.78 Å². The summed E-state index contributed by atoms with van der Waals surface area (Å²) < 4.78 is 26.2. The van der Waals surface area contributed by atoms with Gasteiger partial charge >= 0.3 is 0 Å². The summed E-state index contributed by atoms with van der Waals surface area (Å²) in [5, 5.41) is 5.69. The highest BCUT2D eigenvalue weighted by Crippen LogP contribution is 2.35. The van der Waals surface area contributed by atoms with Crippen LogP contribution in [0.3, 0.4) is 0 Å². The van der Waals surface area contributed by atoms with E-state index in [1.54, 1.807) is 13.1 Å². The van der Waals surface area contributed by atoms with Crippen LogP contribution in [0.15, 0.2) is 23.6 Å². The molecule has 1 nitrogen and oxygen atoms in total. The van der Waals surface area contributed by atoms with Crippen molar-refractivity contribution in [3.8, 4) is 0 Å². The molecule has 1 aromatic carbocycles. The molecule has 0 bridgehead atoms. The number of rotatable bonds is 3. The van der Waals surface area contributed by atoms with Crippen molar-refractivity contribution in [1.29, 1.82) is 0 Å². The molecule has 18 heavy (non-hydrogen) atoms. The molecule has 2 rings (SSSR count). The van der Waals surface area contributed by atoms with Gasteiger partial charge in [0.25, 0.3) is 0 Å². The minimum Gasteiger partial charge on any atom is -0.309 e. The van der Waals surface area contributed by atoms with Crippen LogP contribution in [-0.4, -0.2) is 7.05 Å². The summed E-state index contributed by atoms with van der Waals surface area (Å²) in [4.78, 5) is 0.905. The molecular weight excluding hydrogens is 276 g/mol. The van der Waals surface area contributed by atoms with Crippen LogP contribution in [0, 0.1) is 18.6 Å². The summed E-state index contributed by atoms with van der Waals surface area (Å²) in [6.45, 7) is 1.92. The molecule has 1 unspecified atom stereocenters. The van der Waals surface area contributed by atoms with E-state index in [1.807, 2.05) is 12.3 Å². The zero-order chi connectivity index (χ0) is 13.3. The van der Waals surface area contributed by atoms with Gasteiger partial charge in [0.2, 0.25) is 0 Å². The first-order chi connectivity index (χ1) is 8.54. The minimum absolute atomic E-state index is 0.230. The van der Waals surface area contributed by atoms with Gasteiger partial charge in [0.05, 0.1) is 11.1 Å². The molecule has 0 saturated carbocycles. The SMILES string of the molecule is CNC(c1ccc(F)c(F)c1)c1scc(C)c1Cl. The Hall–Kier alpha value is -0.970. The van der Waals surface area contributed by atoms with Crippen LogP contribution in [0.4, 0.5) is 8.78 Å². The van der Waals surface area contributed by atoms with E-state index in [9.17, 15) is 8.78 Å². The number of nitrogens with one attached hydrogen (secondary N) is 1. The summed E-state index contributed by atoms with van der Waals surface area (Å²) in [7, 11) is 1.76. The van der Waals surface area contributed by atoms with Gasteiger partial charge in [0.1, 0.15) is 0 Å². The second-order valence-electron chi connectivity index (χ2n) is 3.99. The third kappa shape index (κ3) is 2.41. The molecule has 1 heterocycles. The van der Waals surface area contributed by atoms with Crippen molar-refractivity contribution in [2.24, 2.45) is 0 Å². The average Bonchev–Trinajstić information content (AvgIpc) is 2.67. The molecule has 0 fully saturated rings. The van der Waals surface area contributed by atoms with Crippen LogP contribution in [-0.2, 0) is 0 Å². The lowest BCUT2D eigenvalue weighted by molar-refractivity contribution is 0.505. The van der Waals surface area contributed by atoms with Crippen LogP contribution in [0.25, 0.3) is 0 Å². The van der Waals surface area contributed by atoms with E-state index < -0.39 is 11.6 Å². The van der Waals surface area contributed by atoms with Gasteiger partial charge in [-0.1, -0.05) is 17.7 Å². The number of benzene rings is 1. The van der Waals surface area contributed by atoms with E-state index in [2.05, 4.69) is 5.32 Å². The summed E-state index contributed by atoms with van der Waals surface area (Å²) in [5.41, 5.74) is 1.64. The van der Waals surface area contributed by atoms with Crippen molar-refractivity contribution in [3.05, 3.63) is 56.2 Å². The highest BCUT2D eigenvalue weighted by molar-refractivity contribution is 7.10. The molecule has 1 N–H and O–H groups in total. The van der Waals surface area contributed by atoms with Crippen LogP contribution in [0.1, 0.15) is 22.0 Å². The topological polar surface area (TPSA) is 12.0 Å². The lowest BCUT2D eigenvalue weighted by atomic mass is 10.0. The van der Waals surface area contributed by atoms with Gasteiger partial charge in [-0.3, -0.25) is 0 Å². The second-order valence-corrected chi connectivity index (χ2v) is 5.28. The maximum Gasteiger partial charge on any atom is 0.159 e. The number of thiophene rings is 1. The molecule has 0 aliphatic heterocycles. The number of halogens is 3. The van der Waals surface area contributed by atoms with Gasteiger partial charge in [-0.2, -0.15) is 0 Å². The highest BCUT2D eigenvalue weighted by Gasteiger charge is 2.19. The second kappa shape index (κ2) is 5.34. The Morgan fingerprint density at radius 1 is 1.28 bits per heavy atom. The fraction of sp³-hybridized carbons (Fsp3) is 0.231. The normalized spacial score (nSPS) is 12.7. The molecule has 0 saturated heterocycles. The summed E-state index contributed by atoms with van der Waals surface area (Å²) >= 11 is 7.71. The lowest BCUT2D eigenvalue weighted by Gasteiger charge is -2.16. The molecule has 96 valence electrons. The number of hydrogen-bond donors (Lipinski definition) is 1. The maximum absolute atomic E-state index is 13.3. The first kappa shape index (κ1) is 13.5. The van der Waals surface area contributed by atoms with Crippen LogP contribution < -0.4 is 5.32 Å². The minimum atomic E-state index is -0.850. The Morgan fingerprint density at radius 2 is 2.00 bits per heavy atom. The lowest BCUT2D eigenvalue weighted by Crippen LogP contribution is -2.17. The first-order valence-corrected chi connectivity index (χ1v) is 6.66. The summed E-state index contributed by atoms with van der Waals surface area (Å²) in [5.74, 6) is -1.70. The standard InChI is InChI=1S/C13H12ClF2NS/c1-7-6-18-13(11(7)14)12(17-2)8-3-4-9(15)10(16)5-8/h3-6,12,17H,1-2H3. The van der Waals surface area contributed by atoms with Gasteiger partial charge in [0.15, 0.2) is 11.6 Å². The fourth-order valence-electron chi connectivity index (χ4n) is 1.79. The molecule has 2 aromatic rings. The van der Waals surface area contributed by atoms with Crippen LogP contribution in [0.5, 0.6) is 0 Å². The third-order valence-corrected chi connectivity index (χ3v) is 4.53. The Kier molecular flexibility index (Phi) is 4.00. The molecule has 0 amide bonds. The Balaban J connectivity index is 2.45. The monoisotopic (exact) mass is 287 g/mol. The molecule has 0 spiro atoms. The van der Waals surface area contributed by atoms with Crippen molar-refractivity contribution in [2.75, 3.05) is 7.05 Å². The highest BCUT2D eigenvalue weighted by atomic mass is 35.5. The molecule has 0 radical (unpaired) electrons. The Labute approximate surface area is 113 Å². The maximum atomic E-state index is 13.3. The molecular formula is C13H12ClF2NS. The zero-order valence-electron chi connectivity index (χ0n) is 9.93. The smallest absolute Gasteiger partial charge is 0.159 e. The number of hydrogen-bond acceptors (Lipinski definition) is 2. The van der Waals surface area contributed by atoms with Gasteiger partial charge in [-0.05, 0) is 42.6 Å². The summed E-state index contributed by atoms with van der Waals surface area (Å²) in [6, 6.07) is 3.65. The van der Waals surface area contributed by atoms with E-state index in [0.717, 1.165) is 16.5 Å². The van der Waals surface area contributed by atoms with Crippen molar-refractivity contribution in [2.45, 2.75) is 13.0 Å². The van der Waals surface area contributed by atoms with E-state index in [-0.39, 0.29) is 6.04 Å². The third-order valence-electron chi connectivity index (χ3n) is 2.75. The quantitative estimate of drug-likeness (QED) is 0.888. The molecule has 1 aromatic heterocycles. The largest absolute Gasteiger partial charge is 0.309 e. The summed E-state index contributed by atoms with van der Waals surface area (Å²) in [6.07, 6.45) is 0. The predicted molar refractivity (Wildman–Crippen MR) is 71.3 cm³/mol. The van der Waals surface area contributed by atoms with Crippen molar-refractivity contribution in [3.63, 3.8) is 0 Å². The fourth-order valence-corrected chi connectivity index (χ4v) is 3.22. The Bertz CT molecular complexity index is 568. The molecule has 5 heteroatoms. The van der Waals surface area contributed by atoms with Gasteiger partial charge in [-0.15, -0.1) is 11.3 Å².